The minimum Gasteiger partial charge on any atom is -0.487 e. The van der Waals surface area contributed by atoms with Gasteiger partial charge in [-0.15, -0.1) is 0 Å². The molecule has 8 nitrogen and oxygen atoms in total. The van der Waals surface area contributed by atoms with Crippen molar-refractivity contribution < 1.29 is 22.7 Å². The summed E-state index contributed by atoms with van der Waals surface area (Å²) in [7, 11) is -2.43. The number of sulfonamides is 1. The number of hydrogen-bond acceptors (Lipinski definition) is 6. The van der Waals surface area contributed by atoms with Gasteiger partial charge in [-0.25, -0.2) is 13.2 Å². The molecule has 1 atom stereocenters. The lowest BCUT2D eigenvalue weighted by molar-refractivity contribution is 0.130. The normalized spacial score (nSPS) is 17.7. The van der Waals surface area contributed by atoms with Gasteiger partial charge >= 0.3 is 6.09 Å². The minimum absolute atomic E-state index is 0.144. The van der Waals surface area contributed by atoms with Crippen LogP contribution in [0.4, 0.5) is 10.5 Å². The van der Waals surface area contributed by atoms with Crippen molar-refractivity contribution in [2.45, 2.75) is 23.8 Å². The van der Waals surface area contributed by atoms with Crippen LogP contribution in [0.15, 0.2) is 47.6 Å². The first-order chi connectivity index (χ1) is 13.4. The molecule has 0 saturated carbocycles. The smallest absolute Gasteiger partial charge is 0.411 e. The summed E-state index contributed by atoms with van der Waals surface area (Å²) in [6.07, 6.45) is 3.53. The Morgan fingerprint density at radius 2 is 2.04 bits per heavy atom. The standard InChI is InChI=1S/C18H20ClN3O5S/c1-26-18(23)21-13-4-6-15(7-5-13)28(24,25)22-10-2-3-14(12-22)27-17-8-9-20-11-16(17)19/h4-9,11,14H,2-3,10,12H2,1H3,(H,21,23). The van der Waals surface area contributed by atoms with Crippen molar-refractivity contribution in [1.82, 2.24) is 9.29 Å². The largest absolute Gasteiger partial charge is 0.487 e. The van der Waals surface area contributed by atoms with Gasteiger partial charge in [0, 0.05) is 30.7 Å². The fourth-order valence-corrected chi connectivity index (χ4v) is 4.56. The van der Waals surface area contributed by atoms with Gasteiger partial charge in [-0.2, -0.15) is 4.31 Å². The van der Waals surface area contributed by atoms with Crippen molar-refractivity contribution in [2.75, 3.05) is 25.5 Å². The molecule has 1 fully saturated rings. The molecule has 28 heavy (non-hydrogen) atoms. The summed E-state index contributed by atoms with van der Waals surface area (Å²) < 4.78 is 37.7. The molecular formula is C18H20ClN3O5S. The van der Waals surface area contributed by atoms with E-state index in [-0.39, 0.29) is 17.5 Å². The summed E-state index contributed by atoms with van der Waals surface area (Å²) in [6, 6.07) is 7.58. The second-order valence-electron chi connectivity index (χ2n) is 6.19. The lowest BCUT2D eigenvalue weighted by Crippen LogP contribution is -2.44. The van der Waals surface area contributed by atoms with Crippen molar-refractivity contribution in [3.63, 3.8) is 0 Å². The number of carbonyl (C=O) groups excluding carboxylic acids is 1. The number of pyridine rings is 1. The van der Waals surface area contributed by atoms with Crippen LogP contribution in [-0.2, 0) is 14.8 Å². The van der Waals surface area contributed by atoms with Gasteiger partial charge in [-0.05, 0) is 37.1 Å². The molecule has 2 aromatic rings. The Hall–Kier alpha value is -2.36. The zero-order chi connectivity index (χ0) is 20.1. The number of anilines is 1. The quantitative estimate of drug-likeness (QED) is 0.790. The van der Waals surface area contributed by atoms with Crippen LogP contribution < -0.4 is 10.1 Å². The number of piperidine rings is 1. The van der Waals surface area contributed by atoms with Gasteiger partial charge in [-0.3, -0.25) is 10.3 Å². The first-order valence-corrected chi connectivity index (χ1v) is 10.4. The van der Waals surface area contributed by atoms with Crippen molar-refractivity contribution >= 4 is 33.4 Å². The molecule has 1 saturated heterocycles. The fourth-order valence-electron chi connectivity index (χ4n) is 2.89. The lowest BCUT2D eigenvalue weighted by Gasteiger charge is -2.32. The zero-order valence-electron chi connectivity index (χ0n) is 15.2. The predicted octanol–water partition coefficient (Wildman–Crippen LogP) is 3.15. The Morgan fingerprint density at radius 3 is 2.71 bits per heavy atom. The number of benzene rings is 1. The van der Waals surface area contributed by atoms with E-state index in [0.29, 0.717) is 29.4 Å². The van der Waals surface area contributed by atoms with E-state index in [4.69, 9.17) is 16.3 Å². The van der Waals surface area contributed by atoms with Crippen LogP contribution in [0.1, 0.15) is 12.8 Å². The zero-order valence-corrected chi connectivity index (χ0v) is 16.7. The SMILES string of the molecule is COC(=O)Nc1ccc(S(=O)(=O)N2CCCC(Oc3ccncc3Cl)C2)cc1. The van der Waals surface area contributed by atoms with E-state index in [0.717, 1.165) is 6.42 Å². The highest BCUT2D eigenvalue weighted by atomic mass is 35.5. The van der Waals surface area contributed by atoms with Gasteiger partial charge in [0.2, 0.25) is 10.0 Å². The Balaban J connectivity index is 1.70. The van der Waals surface area contributed by atoms with Crippen molar-refractivity contribution in [3.05, 3.63) is 47.7 Å². The number of carbonyl (C=O) groups is 1. The van der Waals surface area contributed by atoms with Crippen LogP contribution in [-0.4, -0.2) is 50.1 Å². The second kappa shape index (κ2) is 8.76. The average Bonchev–Trinajstić information content (AvgIpc) is 2.70. The Labute approximate surface area is 168 Å². The monoisotopic (exact) mass is 425 g/mol. The van der Waals surface area contributed by atoms with Crippen LogP contribution >= 0.6 is 11.6 Å². The van der Waals surface area contributed by atoms with Crippen LogP contribution in [0, 0.1) is 0 Å². The third kappa shape index (κ3) is 4.73. The number of methoxy groups -OCH3 is 1. The number of amides is 1. The van der Waals surface area contributed by atoms with Gasteiger partial charge in [0.1, 0.15) is 16.9 Å². The lowest BCUT2D eigenvalue weighted by atomic mass is 10.1. The molecule has 1 unspecified atom stereocenters. The summed E-state index contributed by atoms with van der Waals surface area (Å²) >= 11 is 6.07. The van der Waals surface area contributed by atoms with E-state index in [2.05, 4.69) is 15.0 Å². The van der Waals surface area contributed by atoms with E-state index in [1.807, 2.05) is 0 Å². The number of ether oxygens (including phenoxy) is 2. The molecule has 0 radical (unpaired) electrons. The molecule has 0 aliphatic carbocycles. The van der Waals surface area contributed by atoms with Crippen molar-refractivity contribution in [1.29, 1.82) is 0 Å². The molecule has 0 spiro atoms. The molecule has 2 heterocycles. The van der Waals surface area contributed by atoms with Crippen LogP contribution in [0.5, 0.6) is 5.75 Å². The number of aromatic nitrogens is 1. The number of rotatable bonds is 5. The highest BCUT2D eigenvalue weighted by molar-refractivity contribution is 7.89. The van der Waals surface area contributed by atoms with Gasteiger partial charge < -0.3 is 9.47 Å². The molecule has 1 amide bonds. The predicted molar refractivity (Wildman–Crippen MR) is 104 cm³/mol. The van der Waals surface area contributed by atoms with Gasteiger partial charge in [0.15, 0.2) is 0 Å². The maximum Gasteiger partial charge on any atom is 0.411 e. The van der Waals surface area contributed by atoms with Crippen LogP contribution in [0.25, 0.3) is 0 Å². The molecule has 1 N–H and O–H groups in total. The molecule has 1 aliphatic rings. The van der Waals surface area contributed by atoms with Gasteiger partial charge in [0.05, 0.1) is 18.6 Å². The third-order valence-electron chi connectivity index (χ3n) is 4.29. The van der Waals surface area contributed by atoms with Gasteiger partial charge in [0.25, 0.3) is 0 Å². The molecule has 1 aliphatic heterocycles. The number of hydrogen-bond donors (Lipinski definition) is 1. The molecule has 3 rings (SSSR count). The Kier molecular flexibility index (Phi) is 6.38. The summed E-state index contributed by atoms with van der Waals surface area (Å²) in [5.41, 5.74) is 0.443. The van der Waals surface area contributed by atoms with E-state index in [1.54, 1.807) is 12.3 Å². The Bertz CT molecular complexity index is 936. The average molecular weight is 426 g/mol. The molecule has 1 aromatic heterocycles. The topological polar surface area (TPSA) is 97.8 Å². The molecule has 1 aromatic carbocycles. The summed E-state index contributed by atoms with van der Waals surface area (Å²) in [4.78, 5) is 15.3. The highest BCUT2D eigenvalue weighted by Crippen LogP contribution is 2.28. The van der Waals surface area contributed by atoms with E-state index in [1.165, 1.54) is 41.9 Å². The van der Waals surface area contributed by atoms with Crippen LogP contribution in [0.3, 0.4) is 0 Å². The third-order valence-corrected chi connectivity index (χ3v) is 6.46. The number of nitrogens with zero attached hydrogens (tertiary/aromatic N) is 2. The van der Waals surface area contributed by atoms with E-state index in [9.17, 15) is 13.2 Å². The molecular weight excluding hydrogens is 406 g/mol. The van der Waals surface area contributed by atoms with Crippen molar-refractivity contribution in [2.24, 2.45) is 0 Å². The second-order valence-corrected chi connectivity index (χ2v) is 8.54. The maximum atomic E-state index is 13.0. The number of halogens is 1. The Morgan fingerprint density at radius 1 is 1.29 bits per heavy atom. The minimum atomic E-state index is -3.68. The van der Waals surface area contributed by atoms with Crippen LogP contribution in [0.2, 0.25) is 5.02 Å². The van der Waals surface area contributed by atoms with Gasteiger partial charge in [-0.1, -0.05) is 11.6 Å². The molecule has 150 valence electrons. The molecule has 0 bridgehead atoms. The summed E-state index contributed by atoms with van der Waals surface area (Å²) in [5.74, 6) is 0.485. The number of nitrogens with one attached hydrogen (secondary N) is 1. The van der Waals surface area contributed by atoms with Crippen molar-refractivity contribution in [3.8, 4) is 5.75 Å². The van der Waals surface area contributed by atoms with E-state index < -0.39 is 16.1 Å². The highest BCUT2D eigenvalue weighted by Gasteiger charge is 2.31. The first kappa shape index (κ1) is 20.4. The summed E-state index contributed by atoms with van der Waals surface area (Å²) in [5, 5.41) is 2.87. The van der Waals surface area contributed by atoms with E-state index >= 15 is 0 Å². The fraction of sp³-hybridized carbons (Fsp3) is 0.333. The first-order valence-electron chi connectivity index (χ1n) is 8.61. The summed E-state index contributed by atoms with van der Waals surface area (Å²) in [6.45, 7) is 0.636. The molecule has 10 heteroatoms. The maximum absolute atomic E-state index is 13.0.